The van der Waals surface area contributed by atoms with Crippen LogP contribution in [0.3, 0.4) is 0 Å². The molecule has 4 rings (SSSR count). The highest BCUT2D eigenvalue weighted by Crippen LogP contribution is 2.31. The van der Waals surface area contributed by atoms with E-state index in [2.05, 4.69) is 10.1 Å². The first kappa shape index (κ1) is 16.5. The van der Waals surface area contributed by atoms with E-state index in [0.29, 0.717) is 5.17 Å². The zero-order valence-corrected chi connectivity index (χ0v) is 15.2. The third-order valence-corrected chi connectivity index (χ3v) is 5.16. The summed E-state index contributed by atoms with van der Waals surface area (Å²) in [5, 5.41) is 15.6. The molecule has 0 spiro atoms. The fourth-order valence-corrected chi connectivity index (χ4v) is 3.72. The Bertz CT molecular complexity index is 1020. The first-order valence-corrected chi connectivity index (χ1v) is 8.97. The second-order valence-electron chi connectivity index (χ2n) is 6.15. The van der Waals surface area contributed by atoms with E-state index in [0.717, 1.165) is 27.3 Å². The highest BCUT2D eigenvalue weighted by atomic mass is 32.2. The molecule has 0 bridgehead atoms. The number of fused-ring (bicyclic) bond motifs is 1. The minimum atomic E-state index is -0.407. The van der Waals surface area contributed by atoms with Crippen molar-refractivity contribution >= 4 is 39.8 Å². The largest absolute Gasteiger partial charge is 0.283 e. The van der Waals surface area contributed by atoms with Crippen LogP contribution < -0.4 is 0 Å². The number of benzene rings is 2. The fourth-order valence-electron chi connectivity index (χ4n) is 2.74. The molecule has 0 atom stereocenters. The third-order valence-electron chi connectivity index (χ3n) is 4.22. The van der Waals surface area contributed by atoms with Crippen molar-refractivity contribution in [1.82, 2.24) is 5.01 Å². The minimum Gasteiger partial charge on any atom is -0.282 e. The fraction of sp³-hybridized carbons (Fsp3) is 0.100. The van der Waals surface area contributed by atoms with Crippen LogP contribution in [-0.2, 0) is 4.79 Å². The van der Waals surface area contributed by atoms with Gasteiger partial charge in [0, 0.05) is 5.56 Å². The molecule has 2 aromatic rings. The number of nitrogens with one attached hydrogen (secondary N) is 1. The van der Waals surface area contributed by atoms with Crippen molar-refractivity contribution in [1.29, 1.82) is 5.41 Å². The summed E-state index contributed by atoms with van der Waals surface area (Å²) in [7, 11) is 0. The first-order valence-electron chi connectivity index (χ1n) is 8.16. The third kappa shape index (κ3) is 2.88. The Labute approximate surface area is 155 Å². The molecule has 6 heteroatoms. The zero-order chi connectivity index (χ0) is 18.3. The number of aryl methyl sites for hydroxylation is 2. The van der Waals surface area contributed by atoms with E-state index in [1.165, 1.54) is 16.8 Å². The molecule has 1 N–H and O–H groups in total. The second-order valence-corrected chi connectivity index (χ2v) is 7.11. The standard InChI is InChI=1S/C20H16N4OS/c1-12-7-9-14(10-8-12)11-16-17(21)24-20(22-18(16)25)26-19(23-24)15-6-4-3-5-13(15)2/h3-11,21H,1-2H3/b16-11-,21-17?. The number of carbonyl (C=O) groups is 1. The molecule has 2 aliphatic heterocycles. The van der Waals surface area contributed by atoms with E-state index in [-0.39, 0.29) is 11.4 Å². The van der Waals surface area contributed by atoms with Gasteiger partial charge >= 0.3 is 0 Å². The van der Waals surface area contributed by atoms with E-state index in [4.69, 9.17) is 5.41 Å². The van der Waals surface area contributed by atoms with E-state index < -0.39 is 5.91 Å². The van der Waals surface area contributed by atoms with Gasteiger partial charge in [-0.15, -0.1) is 0 Å². The predicted octanol–water partition coefficient (Wildman–Crippen LogP) is 3.97. The number of hydrogen-bond acceptors (Lipinski definition) is 4. The summed E-state index contributed by atoms with van der Waals surface area (Å²) < 4.78 is 0. The lowest BCUT2D eigenvalue weighted by molar-refractivity contribution is -0.114. The van der Waals surface area contributed by atoms with Crippen LogP contribution in [0.5, 0.6) is 0 Å². The molecule has 128 valence electrons. The van der Waals surface area contributed by atoms with Gasteiger partial charge in [0.1, 0.15) is 5.04 Å². The van der Waals surface area contributed by atoms with Crippen LogP contribution in [-0.4, -0.2) is 27.0 Å². The Hall–Kier alpha value is -2.99. The number of nitrogens with zero attached hydrogens (tertiary/aromatic N) is 3. The van der Waals surface area contributed by atoms with Crippen LogP contribution in [0.2, 0.25) is 0 Å². The van der Waals surface area contributed by atoms with Gasteiger partial charge in [-0.05, 0) is 42.8 Å². The van der Waals surface area contributed by atoms with Crippen molar-refractivity contribution in [3.8, 4) is 0 Å². The quantitative estimate of drug-likeness (QED) is 0.824. The SMILES string of the molecule is Cc1ccc(/C=C2/C(=N)N3N=C(c4ccccc4C)SC3=NC2=O)cc1. The second kappa shape index (κ2) is 6.38. The lowest BCUT2D eigenvalue weighted by atomic mass is 10.1. The summed E-state index contributed by atoms with van der Waals surface area (Å²) in [6.45, 7) is 4.02. The number of amides is 1. The molecule has 0 fully saturated rings. The molecule has 0 saturated carbocycles. The molecule has 26 heavy (non-hydrogen) atoms. The molecule has 0 radical (unpaired) electrons. The molecule has 2 heterocycles. The van der Waals surface area contributed by atoms with Crippen LogP contribution in [0.1, 0.15) is 22.3 Å². The maximum atomic E-state index is 12.4. The zero-order valence-electron chi connectivity index (χ0n) is 14.4. The van der Waals surface area contributed by atoms with Gasteiger partial charge in [0.2, 0.25) is 5.17 Å². The highest BCUT2D eigenvalue weighted by molar-refractivity contribution is 8.27. The van der Waals surface area contributed by atoms with Crippen LogP contribution >= 0.6 is 11.8 Å². The molecular formula is C20H16N4OS. The molecule has 0 aromatic heterocycles. The van der Waals surface area contributed by atoms with Crippen LogP contribution in [0, 0.1) is 19.3 Å². The van der Waals surface area contributed by atoms with Crippen LogP contribution in [0.15, 0.2) is 64.2 Å². The summed E-state index contributed by atoms with van der Waals surface area (Å²) in [5.74, 6) is -0.354. The average Bonchev–Trinajstić information content (AvgIpc) is 3.04. The maximum absolute atomic E-state index is 12.4. The summed E-state index contributed by atoms with van der Waals surface area (Å²) >= 11 is 1.32. The monoisotopic (exact) mass is 360 g/mol. The summed E-state index contributed by atoms with van der Waals surface area (Å²) in [5.41, 5.74) is 4.32. The Balaban J connectivity index is 1.70. The molecular weight excluding hydrogens is 344 g/mol. The van der Waals surface area contributed by atoms with Crippen LogP contribution in [0.25, 0.3) is 6.08 Å². The van der Waals surface area contributed by atoms with E-state index >= 15 is 0 Å². The van der Waals surface area contributed by atoms with Crippen molar-refractivity contribution in [2.45, 2.75) is 13.8 Å². The van der Waals surface area contributed by atoms with Crippen molar-refractivity contribution < 1.29 is 4.79 Å². The predicted molar refractivity (Wildman–Crippen MR) is 106 cm³/mol. The highest BCUT2D eigenvalue weighted by Gasteiger charge is 2.36. The van der Waals surface area contributed by atoms with Crippen molar-refractivity contribution in [2.75, 3.05) is 0 Å². The van der Waals surface area contributed by atoms with Gasteiger partial charge in [-0.3, -0.25) is 10.2 Å². The molecule has 0 saturated heterocycles. The Kier molecular flexibility index (Phi) is 4.05. The molecule has 0 aliphatic carbocycles. The number of hydrazone groups is 1. The number of rotatable bonds is 2. The van der Waals surface area contributed by atoms with Gasteiger partial charge < -0.3 is 0 Å². The lowest BCUT2D eigenvalue weighted by Crippen LogP contribution is -2.35. The molecule has 1 amide bonds. The molecule has 2 aromatic carbocycles. The molecule has 5 nitrogen and oxygen atoms in total. The van der Waals surface area contributed by atoms with Gasteiger partial charge in [-0.25, -0.2) is 0 Å². The Morgan fingerprint density at radius 3 is 2.54 bits per heavy atom. The normalized spacial score (nSPS) is 18.1. The summed E-state index contributed by atoms with van der Waals surface area (Å²) in [6, 6.07) is 15.7. The number of thioether (sulfide) groups is 1. The van der Waals surface area contributed by atoms with Crippen molar-refractivity contribution in [3.05, 3.63) is 76.4 Å². The summed E-state index contributed by atoms with van der Waals surface area (Å²) in [6.07, 6.45) is 1.69. The number of aliphatic imine (C=N–C) groups is 1. The average molecular weight is 360 g/mol. The van der Waals surface area contributed by atoms with Gasteiger partial charge in [-0.2, -0.15) is 15.1 Å². The van der Waals surface area contributed by atoms with E-state index in [9.17, 15) is 4.79 Å². The van der Waals surface area contributed by atoms with Crippen molar-refractivity contribution in [3.63, 3.8) is 0 Å². The topological polar surface area (TPSA) is 68.9 Å². The van der Waals surface area contributed by atoms with Gasteiger partial charge in [0.05, 0.1) is 5.57 Å². The van der Waals surface area contributed by atoms with Gasteiger partial charge in [0.15, 0.2) is 5.84 Å². The van der Waals surface area contributed by atoms with Crippen molar-refractivity contribution in [2.24, 2.45) is 10.1 Å². The molecule has 0 unspecified atom stereocenters. The number of hydrogen-bond donors (Lipinski definition) is 1. The van der Waals surface area contributed by atoms with Gasteiger partial charge in [-0.1, -0.05) is 54.1 Å². The van der Waals surface area contributed by atoms with Gasteiger partial charge in [0.25, 0.3) is 5.91 Å². The lowest BCUT2D eigenvalue weighted by Gasteiger charge is -2.20. The smallest absolute Gasteiger partial charge is 0.282 e. The Morgan fingerprint density at radius 2 is 1.81 bits per heavy atom. The Morgan fingerprint density at radius 1 is 1.08 bits per heavy atom. The summed E-state index contributed by atoms with van der Waals surface area (Å²) in [4.78, 5) is 16.6. The van der Waals surface area contributed by atoms with Crippen LogP contribution in [0.4, 0.5) is 0 Å². The van der Waals surface area contributed by atoms with E-state index in [1.54, 1.807) is 6.08 Å². The van der Waals surface area contributed by atoms with E-state index in [1.807, 2.05) is 62.4 Å². The first-order chi connectivity index (χ1) is 12.5. The number of carbonyl (C=O) groups excluding carboxylic acids is 1. The minimum absolute atomic E-state index is 0.0525. The maximum Gasteiger partial charge on any atom is 0.283 e. The number of amidine groups is 2. The molecule has 2 aliphatic rings.